The first-order valence-corrected chi connectivity index (χ1v) is 8.90. The van der Waals surface area contributed by atoms with E-state index < -0.39 is 10.0 Å². The molecule has 0 saturated carbocycles. The summed E-state index contributed by atoms with van der Waals surface area (Å²) < 4.78 is 26.7. The van der Waals surface area contributed by atoms with Crippen LogP contribution >= 0.6 is 0 Å². The predicted octanol–water partition coefficient (Wildman–Crippen LogP) is 1.68. The number of rotatable bonds is 5. The fourth-order valence-corrected chi connectivity index (χ4v) is 4.50. The molecule has 0 radical (unpaired) electrons. The molecular formula is C15H21N3O2S. The van der Waals surface area contributed by atoms with Gasteiger partial charge in [-0.05, 0) is 30.7 Å². The molecule has 1 unspecified atom stereocenters. The Hall–Kier alpha value is -1.37. The minimum absolute atomic E-state index is 0.289. The van der Waals surface area contributed by atoms with Crippen molar-refractivity contribution in [2.75, 3.05) is 19.6 Å². The van der Waals surface area contributed by atoms with Crippen LogP contribution in [0.15, 0.2) is 30.5 Å². The number of nitrogens with one attached hydrogen (secondary N) is 2. The number of fused-ring (bicyclic) bond motifs is 1. The fourth-order valence-electron chi connectivity index (χ4n) is 3.04. The topological polar surface area (TPSA) is 65.2 Å². The van der Waals surface area contributed by atoms with E-state index in [-0.39, 0.29) is 5.25 Å². The fraction of sp³-hybridized carbons (Fsp3) is 0.467. The summed E-state index contributed by atoms with van der Waals surface area (Å²) in [5.41, 5.74) is 2.37. The molecule has 3 rings (SSSR count). The Morgan fingerprint density at radius 2 is 2.24 bits per heavy atom. The Kier molecular flexibility index (Phi) is 4.01. The highest BCUT2D eigenvalue weighted by Crippen LogP contribution is 2.23. The molecule has 0 amide bonds. The quantitative estimate of drug-likeness (QED) is 0.883. The zero-order chi connectivity index (χ0) is 14.9. The van der Waals surface area contributed by atoms with Gasteiger partial charge in [0, 0.05) is 36.7 Å². The molecule has 1 atom stereocenters. The molecule has 114 valence electrons. The Morgan fingerprint density at radius 3 is 3.05 bits per heavy atom. The highest BCUT2D eigenvalue weighted by Gasteiger charge is 2.32. The Bertz CT molecular complexity index is 723. The molecule has 2 N–H and O–H groups in total. The van der Waals surface area contributed by atoms with E-state index in [1.54, 1.807) is 0 Å². The zero-order valence-corrected chi connectivity index (χ0v) is 13.0. The number of sulfonamides is 1. The molecule has 0 aliphatic carbocycles. The van der Waals surface area contributed by atoms with Crippen molar-refractivity contribution in [1.82, 2.24) is 14.6 Å². The predicted molar refractivity (Wildman–Crippen MR) is 84.6 cm³/mol. The van der Waals surface area contributed by atoms with Crippen molar-refractivity contribution < 1.29 is 8.42 Å². The van der Waals surface area contributed by atoms with Crippen LogP contribution < -0.4 is 4.72 Å². The third kappa shape index (κ3) is 2.97. The van der Waals surface area contributed by atoms with Gasteiger partial charge in [0.15, 0.2) is 0 Å². The summed E-state index contributed by atoms with van der Waals surface area (Å²) in [7, 11) is -3.16. The van der Waals surface area contributed by atoms with Crippen LogP contribution in [0, 0.1) is 0 Å². The molecule has 2 heterocycles. The van der Waals surface area contributed by atoms with E-state index in [1.165, 1.54) is 10.9 Å². The van der Waals surface area contributed by atoms with Gasteiger partial charge in [-0.2, -0.15) is 0 Å². The third-order valence-corrected chi connectivity index (χ3v) is 6.05. The number of H-pyrrole nitrogens is 1. The van der Waals surface area contributed by atoms with E-state index in [1.807, 2.05) is 19.2 Å². The Morgan fingerprint density at radius 1 is 1.38 bits per heavy atom. The second-order valence-corrected chi connectivity index (χ2v) is 7.59. The third-order valence-electron chi connectivity index (χ3n) is 4.09. The first-order chi connectivity index (χ1) is 10.1. The highest BCUT2D eigenvalue weighted by molar-refractivity contribution is 7.90. The maximum Gasteiger partial charge on any atom is 0.215 e. The van der Waals surface area contributed by atoms with Crippen LogP contribution in [0.1, 0.15) is 18.9 Å². The van der Waals surface area contributed by atoms with Crippen molar-refractivity contribution in [1.29, 1.82) is 0 Å². The van der Waals surface area contributed by atoms with E-state index in [0.29, 0.717) is 19.5 Å². The Balaban J connectivity index is 1.72. The summed E-state index contributed by atoms with van der Waals surface area (Å²) in [5.74, 6) is 0. The molecule has 1 saturated heterocycles. The van der Waals surface area contributed by atoms with Crippen molar-refractivity contribution in [3.63, 3.8) is 0 Å². The van der Waals surface area contributed by atoms with Crippen LogP contribution in [-0.4, -0.2) is 43.2 Å². The van der Waals surface area contributed by atoms with Crippen LogP contribution in [-0.2, 0) is 16.6 Å². The van der Waals surface area contributed by atoms with Gasteiger partial charge in [-0.1, -0.05) is 19.1 Å². The molecule has 1 aliphatic rings. The summed E-state index contributed by atoms with van der Waals surface area (Å²) in [6.07, 6.45) is 2.65. The molecule has 1 fully saturated rings. The van der Waals surface area contributed by atoms with Crippen LogP contribution in [0.5, 0.6) is 0 Å². The van der Waals surface area contributed by atoms with E-state index in [0.717, 1.165) is 18.6 Å². The molecule has 1 aromatic heterocycles. The van der Waals surface area contributed by atoms with Crippen LogP contribution in [0.4, 0.5) is 0 Å². The van der Waals surface area contributed by atoms with Crippen molar-refractivity contribution in [3.8, 4) is 0 Å². The van der Waals surface area contributed by atoms with Gasteiger partial charge in [0.05, 0.1) is 5.25 Å². The minimum Gasteiger partial charge on any atom is -0.361 e. The normalized spacial score (nSPS) is 20.3. The van der Waals surface area contributed by atoms with Crippen molar-refractivity contribution in [2.45, 2.75) is 25.1 Å². The zero-order valence-electron chi connectivity index (χ0n) is 12.2. The van der Waals surface area contributed by atoms with Gasteiger partial charge in [0.25, 0.3) is 0 Å². The molecule has 1 aliphatic heterocycles. The molecule has 5 nitrogen and oxygen atoms in total. The molecule has 0 bridgehead atoms. The van der Waals surface area contributed by atoms with Crippen molar-refractivity contribution in [2.24, 2.45) is 0 Å². The largest absolute Gasteiger partial charge is 0.361 e. The van der Waals surface area contributed by atoms with Gasteiger partial charge in [-0.25, -0.2) is 13.1 Å². The smallest absolute Gasteiger partial charge is 0.215 e. The van der Waals surface area contributed by atoms with Gasteiger partial charge >= 0.3 is 0 Å². The lowest BCUT2D eigenvalue weighted by Crippen LogP contribution is -2.36. The average Bonchev–Trinajstić information content (AvgIpc) is 3.07. The standard InChI is InChI=1S/C15H21N3O2S/c1-2-17-21(19,20)13-7-9-18(11-13)10-12-4-3-5-15-14(12)6-8-16-15/h3-6,8,13,16-17H,2,7,9-11H2,1H3. The number of aromatic nitrogens is 1. The summed E-state index contributed by atoms with van der Waals surface area (Å²) >= 11 is 0. The van der Waals surface area contributed by atoms with Crippen molar-refractivity contribution in [3.05, 3.63) is 36.0 Å². The van der Waals surface area contributed by atoms with Gasteiger partial charge in [-0.3, -0.25) is 4.90 Å². The lowest BCUT2D eigenvalue weighted by molar-refractivity contribution is 0.332. The van der Waals surface area contributed by atoms with E-state index in [4.69, 9.17) is 0 Å². The molecule has 6 heteroatoms. The molecule has 21 heavy (non-hydrogen) atoms. The van der Waals surface area contributed by atoms with Gasteiger partial charge in [0.1, 0.15) is 0 Å². The van der Waals surface area contributed by atoms with Gasteiger partial charge in [-0.15, -0.1) is 0 Å². The van der Waals surface area contributed by atoms with Crippen LogP contribution in [0.2, 0.25) is 0 Å². The highest BCUT2D eigenvalue weighted by atomic mass is 32.2. The molecular weight excluding hydrogens is 286 g/mol. The summed E-state index contributed by atoms with van der Waals surface area (Å²) in [5, 5.41) is 0.929. The lowest BCUT2D eigenvalue weighted by atomic mass is 10.1. The summed E-state index contributed by atoms with van der Waals surface area (Å²) in [6, 6.07) is 8.29. The van der Waals surface area contributed by atoms with E-state index >= 15 is 0 Å². The van der Waals surface area contributed by atoms with Crippen molar-refractivity contribution >= 4 is 20.9 Å². The SMILES string of the molecule is CCNS(=O)(=O)C1CCN(Cc2cccc3[nH]ccc23)C1. The maximum atomic E-state index is 12.1. The number of hydrogen-bond donors (Lipinski definition) is 2. The summed E-state index contributed by atoms with van der Waals surface area (Å²) in [6.45, 7) is 4.51. The summed E-state index contributed by atoms with van der Waals surface area (Å²) in [4.78, 5) is 5.43. The van der Waals surface area contributed by atoms with Gasteiger partial charge < -0.3 is 4.98 Å². The van der Waals surface area contributed by atoms with Crippen LogP contribution in [0.25, 0.3) is 10.9 Å². The number of nitrogens with zero attached hydrogens (tertiary/aromatic N) is 1. The molecule has 0 spiro atoms. The van der Waals surface area contributed by atoms with Crippen LogP contribution in [0.3, 0.4) is 0 Å². The monoisotopic (exact) mass is 307 g/mol. The number of hydrogen-bond acceptors (Lipinski definition) is 3. The van der Waals surface area contributed by atoms with Gasteiger partial charge in [0.2, 0.25) is 10.0 Å². The van der Waals surface area contributed by atoms with E-state index in [2.05, 4.69) is 32.8 Å². The second-order valence-electron chi connectivity index (χ2n) is 5.54. The maximum absolute atomic E-state index is 12.1. The van der Waals surface area contributed by atoms with E-state index in [9.17, 15) is 8.42 Å². The number of benzene rings is 1. The second kappa shape index (κ2) is 5.79. The Labute approximate surface area is 125 Å². The first-order valence-electron chi connectivity index (χ1n) is 7.36. The number of likely N-dealkylation sites (tertiary alicyclic amines) is 1. The lowest BCUT2D eigenvalue weighted by Gasteiger charge is -2.17. The average molecular weight is 307 g/mol. The minimum atomic E-state index is -3.16. The molecule has 1 aromatic carbocycles. The number of aromatic amines is 1. The first kappa shape index (κ1) is 14.6. The molecule has 2 aromatic rings.